The van der Waals surface area contributed by atoms with Gasteiger partial charge in [0.15, 0.2) is 17.9 Å². The van der Waals surface area contributed by atoms with E-state index in [4.69, 9.17) is 16.0 Å². The highest BCUT2D eigenvalue weighted by atomic mass is 35.5. The summed E-state index contributed by atoms with van der Waals surface area (Å²) in [5.41, 5.74) is 2.04. The molecule has 144 valence electrons. The monoisotopic (exact) mass is 423 g/mol. The Balaban J connectivity index is 1.59. The maximum absolute atomic E-state index is 12.9. The number of pyridine rings is 1. The van der Waals surface area contributed by atoms with Gasteiger partial charge in [0.2, 0.25) is 0 Å². The Morgan fingerprint density at radius 3 is 2.45 bits per heavy atom. The van der Waals surface area contributed by atoms with Crippen LogP contribution in [0.2, 0.25) is 5.02 Å². The second-order valence-corrected chi connectivity index (χ2v) is 7.67. The second-order valence-electron chi connectivity index (χ2n) is 6.02. The lowest BCUT2D eigenvalue weighted by molar-refractivity contribution is 0.103. The summed E-state index contributed by atoms with van der Waals surface area (Å²) in [7, 11) is -1.58. The summed E-state index contributed by atoms with van der Waals surface area (Å²) < 4.78 is 21.0. The first-order valence-corrected chi connectivity index (χ1v) is 10.1. The summed E-state index contributed by atoms with van der Waals surface area (Å²) in [6, 6.07) is 15.1. The first kappa shape index (κ1) is 19.0. The minimum absolute atomic E-state index is 0.241. The van der Waals surface area contributed by atoms with E-state index in [0.717, 1.165) is 5.56 Å². The largest absolute Gasteiger partial charge is 0.444 e. The highest BCUT2D eigenvalue weighted by Gasteiger charge is 2.16. The van der Waals surface area contributed by atoms with Gasteiger partial charge in [-0.3, -0.25) is 9.78 Å². The number of hydrogen-bond donors (Lipinski definition) is 1. The van der Waals surface area contributed by atoms with Gasteiger partial charge in [-0.1, -0.05) is 11.6 Å². The number of oxazole rings is 1. The van der Waals surface area contributed by atoms with Crippen molar-refractivity contribution in [2.45, 2.75) is 4.90 Å². The van der Waals surface area contributed by atoms with Crippen LogP contribution in [0.25, 0.3) is 11.3 Å². The standard InChI is InChI=1S/C21H14ClN3O3S/c22-16-3-6-19(18(11-16)21(26)15-7-9-23-10-8-15)25-29(27)17-4-1-14(2-5-17)20-12-24-13-28-20/h1-13,25H. The Labute approximate surface area is 174 Å². The lowest BCUT2D eigenvalue weighted by atomic mass is 10.0. The van der Waals surface area contributed by atoms with E-state index in [1.807, 2.05) is 0 Å². The zero-order valence-electron chi connectivity index (χ0n) is 14.9. The summed E-state index contributed by atoms with van der Waals surface area (Å²) in [5.74, 6) is 0.383. The smallest absolute Gasteiger partial charge is 0.195 e. The Hall–Kier alpha value is -3.29. The van der Waals surface area contributed by atoms with Crippen molar-refractivity contribution in [1.82, 2.24) is 9.97 Å². The predicted octanol–water partition coefficient (Wildman–Crippen LogP) is 4.76. The molecule has 8 heteroatoms. The van der Waals surface area contributed by atoms with Gasteiger partial charge in [0.05, 0.1) is 16.8 Å². The minimum Gasteiger partial charge on any atom is -0.444 e. The molecule has 1 atom stereocenters. The average Bonchev–Trinajstić information content (AvgIpc) is 3.30. The molecule has 2 aromatic carbocycles. The van der Waals surface area contributed by atoms with E-state index in [1.165, 1.54) is 6.39 Å². The van der Waals surface area contributed by atoms with E-state index in [1.54, 1.807) is 73.2 Å². The molecule has 0 radical (unpaired) electrons. The van der Waals surface area contributed by atoms with E-state index in [-0.39, 0.29) is 5.78 Å². The normalized spacial score (nSPS) is 11.8. The van der Waals surface area contributed by atoms with Gasteiger partial charge in [-0.05, 0) is 54.6 Å². The van der Waals surface area contributed by atoms with Gasteiger partial charge in [0.1, 0.15) is 11.0 Å². The Kier molecular flexibility index (Phi) is 5.50. The molecule has 0 aliphatic rings. The first-order chi connectivity index (χ1) is 14.1. The number of nitrogens with zero attached hydrogens (tertiary/aromatic N) is 2. The molecule has 1 N–H and O–H groups in total. The van der Waals surface area contributed by atoms with Crippen molar-refractivity contribution in [3.63, 3.8) is 0 Å². The summed E-state index contributed by atoms with van der Waals surface area (Å²) in [6.07, 6.45) is 6.04. The molecular weight excluding hydrogens is 410 g/mol. The molecule has 4 aromatic rings. The molecule has 4 rings (SSSR count). The summed E-state index contributed by atoms with van der Waals surface area (Å²) >= 11 is 6.09. The molecule has 6 nitrogen and oxygen atoms in total. The van der Waals surface area contributed by atoms with E-state index < -0.39 is 11.0 Å². The van der Waals surface area contributed by atoms with Crippen LogP contribution < -0.4 is 4.72 Å². The van der Waals surface area contributed by atoms with Crippen LogP contribution in [-0.2, 0) is 11.0 Å². The van der Waals surface area contributed by atoms with E-state index >= 15 is 0 Å². The zero-order chi connectivity index (χ0) is 20.2. The Morgan fingerprint density at radius 2 is 1.76 bits per heavy atom. The van der Waals surface area contributed by atoms with Crippen LogP contribution in [0.4, 0.5) is 5.69 Å². The van der Waals surface area contributed by atoms with E-state index in [2.05, 4.69) is 14.7 Å². The second kappa shape index (κ2) is 8.38. The van der Waals surface area contributed by atoms with E-state index in [0.29, 0.717) is 32.5 Å². The number of carbonyl (C=O) groups excluding carboxylic acids is 1. The quantitative estimate of drug-likeness (QED) is 0.452. The van der Waals surface area contributed by atoms with Crippen LogP contribution >= 0.6 is 11.6 Å². The van der Waals surface area contributed by atoms with Crippen molar-refractivity contribution in [2.24, 2.45) is 0 Å². The number of benzene rings is 2. The van der Waals surface area contributed by atoms with Gasteiger partial charge < -0.3 is 9.14 Å². The molecule has 2 heterocycles. The zero-order valence-corrected chi connectivity index (χ0v) is 16.5. The molecule has 29 heavy (non-hydrogen) atoms. The third kappa shape index (κ3) is 4.26. The summed E-state index contributed by atoms with van der Waals surface area (Å²) in [5, 5.41) is 0.412. The third-order valence-corrected chi connectivity index (χ3v) is 5.50. The van der Waals surface area contributed by atoms with Crippen LogP contribution in [-0.4, -0.2) is 20.0 Å². The third-order valence-electron chi connectivity index (χ3n) is 4.16. The predicted molar refractivity (Wildman–Crippen MR) is 111 cm³/mol. The molecular formula is C21H14ClN3O3S. The first-order valence-electron chi connectivity index (χ1n) is 8.53. The Morgan fingerprint density at radius 1 is 1.00 bits per heavy atom. The maximum Gasteiger partial charge on any atom is 0.195 e. The number of rotatable bonds is 6. The number of hydrogen-bond acceptors (Lipinski definition) is 5. The van der Waals surface area contributed by atoms with Gasteiger partial charge in [0, 0.05) is 34.1 Å². The molecule has 1 unspecified atom stereocenters. The van der Waals surface area contributed by atoms with Crippen LogP contribution in [0.3, 0.4) is 0 Å². The van der Waals surface area contributed by atoms with Crippen molar-refractivity contribution in [1.29, 1.82) is 0 Å². The molecule has 0 aliphatic heterocycles. The molecule has 0 spiro atoms. The van der Waals surface area contributed by atoms with Crippen LogP contribution in [0, 0.1) is 0 Å². The molecule has 0 saturated carbocycles. The minimum atomic E-state index is -1.58. The van der Waals surface area contributed by atoms with Gasteiger partial charge in [-0.2, -0.15) is 0 Å². The van der Waals surface area contributed by atoms with Crippen molar-refractivity contribution in [2.75, 3.05) is 4.72 Å². The number of carbonyl (C=O) groups is 1. The summed E-state index contributed by atoms with van der Waals surface area (Å²) in [4.78, 5) is 21.2. The fourth-order valence-electron chi connectivity index (χ4n) is 2.71. The number of halogens is 1. The van der Waals surface area contributed by atoms with Crippen molar-refractivity contribution >= 4 is 34.1 Å². The fraction of sp³-hybridized carbons (Fsp3) is 0. The van der Waals surface area contributed by atoms with Crippen LogP contribution in [0.1, 0.15) is 15.9 Å². The number of ketones is 1. The number of nitrogens with one attached hydrogen (secondary N) is 1. The van der Waals surface area contributed by atoms with Crippen molar-refractivity contribution in [3.05, 3.63) is 95.7 Å². The molecule has 0 fully saturated rings. The molecule has 0 aliphatic carbocycles. The lowest BCUT2D eigenvalue weighted by Crippen LogP contribution is -2.10. The fourth-order valence-corrected chi connectivity index (χ4v) is 3.76. The SMILES string of the molecule is O=C(c1ccncc1)c1cc(Cl)ccc1NS(=O)c1ccc(-c2cnco2)cc1. The topological polar surface area (TPSA) is 85.1 Å². The van der Waals surface area contributed by atoms with Crippen LogP contribution in [0.15, 0.2) is 88.9 Å². The summed E-state index contributed by atoms with van der Waals surface area (Å²) in [6.45, 7) is 0. The van der Waals surface area contributed by atoms with Gasteiger partial charge in [-0.15, -0.1) is 0 Å². The van der Waals surface area contributed by atoms with Crippen molar-refractivity contribution in [3.8, 4) is 11.3 Å². The van der Waals surface area contributed by atoms with E-state index in [9.17, 15) is 9.00 Å². The Bertz CT molecular complexity index is 1160. The lowest BCUT2D eigenvalue weighted by Gasteiger charge is -2.12. The van der Waals surface area contributed by atoms with Crippen molar-refractivity contribution < 1.29 is 13.4 Å². The average molecular weight is 424 g/mol. The molecule has 0 saturated heterocycles. The van der Waals surface area contributed by atoms with Crippen LogP contribution in [0.5, 0.6) is 0 Å². The maximum atomic E-state index is 12.9. The number of aromatic nitrogens is 2. The van der Waals surface area contributed by atoms with Gasteiger partial charge >= 0.3 is 0 Å². The molecule has 0 amide bonds. The molecule has 0 bridgehead atoms. The van der Waals surface area contributed by atoms with Gasteiger partial charge in [-0.25, -0.2) is 9.19 Å². The molecule has 2 aromatic heterocycles. The number of anilines is 1. The highest BCUT2D eigenvalue weighted by molar-refractivity contribution is 7.86. The van der Waals surface area contributed by atoms with Gasteiger partial charge in [0.25, 0.3) is 0 Å². The highest BCUT2D eigenvalue weighted by Crippen LogP contribution is 2.26.